The van der Waals surface area contributed by atoms with E-state index in [2.05, 4.69) is 72.6 Å². The minimum absolute atomic E-state index is 0.561. The Hall–Kier alpha value is -3.20. The van der Waals surface area contributed by atoms with Crippen molar-refractivity contribution in [2.45, 2.75) is 33.1 Å². The van der Waals surface area contributed by atoms with Crippen LogP contribution in [0, 0.1) is 6.92 Å². The number of aryl methyl sites for hydroxylation is 2. The number of nitrogens with zero attached hydrogens (tertiary/aromatic N) is 2. The Morgan fingerprint density at radius 1 is 0.750 bits per heavy atom. The quantitative estimate of drug-likeness (QED) is 0.390. The van der Waals surface area contributed by atoms with E-state index in [1.807, 2.05) is 30.3 Å². The highest BCUT2D eigenvalue weighted by molar-refractivity contribution is 5.63. The lowest BCUT2D eigenvalue weighted by atomic mass is 10.0. The predicted molar refractivity (Wildman–Crippen MR) is 115 cm³/mol. The van der Waals surface area contributed by atoms with E-state index < -0.39 is 0 Å². The minimum Gasteiger partial charge on any atom is -0.423 e. The normalized spacial score (nSPS) is 10.2. The van der Waals surface area contributed by atoms with E-state index >= 15 is 0 Å². The van der Waals surface area contributed by atoms with Crippen LogP contribution in [0.5, 0.6) is 0 Å². The van der Waals surface area contributed by atoms with Gasteiger partial charge < -0.3 is 4.42 Å². The highest BCUT2D eigenvalue weighted by atomic mass is 16.4. The fourth-order valence-electron chi connectivity index (χ4n) is 2.87. The summed E-state index contributed by atoms with van der Waals surface area (Å²) in [4.78, 5) is 0. The van der Waals surface area contributed by atoms with E-state index in [-0.39, 0.29) is 0 Å². The van der Waals surface area contributed by atoms with Crippen molar-refractivity contribution in [3.8, 4) is 22.6 Å². The van der Waals surface area contributed by atoms with Gasteiger partial charge in [0, 0.05) is 5.56 Å². The largest absolute Gasteiger partial charge is 0.423 e. The maximum Gasteiger partial charge on any atom is 0.247 e. The number of benzene rings is 3. The van der Waals surface area contributed by atoms with Crippen molar-refractivity contribution in [1.29, 1.82) is 0 Å². The Labute approximate surface area is 167 Å². The van der Waals surface area contributed by atoms with Crippen LogP contribution in [0.1, 0.15) is 30.9 Å². The zero-order valence-corrected chi connectivity index (χ0v) is 16.5. The number of hydrogen-bond acceptors (Lipinski definition) is 3. The molecule has 0 unspecified atom stereocenters. The van der Waals surface area contributed by atoms with Crippen LogP contribution in [-0.4, -0.2) is 10.2 Å². The number of hydrogen-bond donors (Lipinski definition) is 0. The monoisotopic (exact) mass is 370 g/mol. The zero-order valence-electron chi connectivity index (χ0n) is 16.5. The first-order valence-electron chi connectivity index (χ1n) is 9.74. The van der Waals surface area contributed by atoms with Gasteiger partial charge in [0.2, 0.25) is 12.3 Å². The Morgan fingerprint density at radius 3 is 1.96 bits per heavy atom. The molecular formula is C25H26N2O. The zero-order chi connectivity index (χ0) is 19.6. The molecule has 0 aliphatic heterocycles. The van der Waals surface area contributed by atoms with Gasteiger partial charge in [-0.05, 0) is 48.6 Å². The lowest BCUT2D eigenvalue weighted by Crippen LogP contribution is -1.85. The second kappa shape index (κ2) is 10.2. The lowest BCUT2D eigenvalue weighted by Gasteiger charge is -2.04. The smallest absolute Gasteiger partial charge is 0.247 e. The van der Waals surface area contributed by atoms with Crippen molar-refractivity contribution in [2.24, 2.45) is 0 Å². The Bertz CT molecular complexity index is 928. The van der Waals surface area contributed by atoms with Gasteiger partial charge in [-0.1, -0.05) is 85.6 Å². The van der Waals surface area contributed by atoms with Gasteiger partial charge in [0.15, 0.2) is 0 Å². The molecule has 0 N–H and O–H groups in total. The number of rotatable bonds is 5. The van der Waals surface area contributed by atoms with Crippen LogP contribution in [0.4, 0.5) is 0 Å². The summed E-state index contributed by atoms with van der Waals surface area (Å²) in [5.74, 6) is 0.561. The van der Waals surface area contributed by atoms with Crippen molar-refractivity contribution >= 4 is 0 Å². The SMILES string of the molecule is CCCCc1ccc(-c2ccc(C)cc2)cc1.c1ccc(-c2nnco2)cc1. The molecule has 28 heavy (non-hydrogen) atoms. The van der Waals surface area contributed by atoms with Gasteiger partial charge in [0.05, 0.1) is 0 Å². The van der Waals surface area contributed by atoms with Crippen molar-refractivity contribution in [2.75, 3.05) is 0 Å². The summed E-state index contributed by atoms with van der Waals surface area (Å²) >= 11 is 0. The van der Waals surface area contributed by atoms with E-state index in [9.17, 15) is 0 Å². The van der Waals surface area contributed by atoms with E-state index in [4.69, 9.17) is 4.42 Å². The molecule has 142 valence electrons. The molecule has 4 rings (SSSR count). The average molecular weight is 370 g/mol. The molecule has 0 fully saturated rings. The molecule has 0 aliphatic carbocycles. The standard InChI is InChI=1S/C17H20.C8H6N2O/c1-3-4-5-15-8-12-17(13-9-15)16-10-6-14(2)7-11-16;1-2-4-7(5-3-1)8-10-9-6-11-8/h6-13H,3-5H2,1-2H3;1-6H. The fraction of sp³-hybridized carbons (Fsp3) is 0.200. The molecule has 0 bridgehead atoms. The first kappa shape index (κ1) is 19.6. The second-order valence-electron chi connectivity index (χ2n) is 6.78. The lowest BCUT2D eigenvalue weighted by molar-refractivity contribution is 0.568. The van der Waals surface area contributed by atoms with Gasteiger partial charge >= 0.3 is 0 Å². The van der Waals surface area contributed by atoms with Crippen LogP contribution in [-0.2, 0) is 6.42 Å². The number of aromatic nitrogens is 2. The van der Waals surface area contributed by atoms with Crippen molar-refractivity contribution < 1.29 is 4.42 Å². The molecule has 3 heteroatoms. The molecule has 1 aromatic heterocycles. The molecule has 0 saturated carbocycles. The Balaban J connectivity index is 0.000000176. The maximum absolute atomic E-state index is 5.00. The van der Waals surface area contributed by atoms with Crippen LogP contribution in [0.2, 0.25) is 0 Å². The van der Waals surface area contributed by atoms with Crippen molar-refractivity contribution in [3.05, 3.63) is 96.4 Å². The third-order valence-corrected chi connectivity index (χ3v) is 4.54. The summed E-state index contributed by atoms with van der Waals surface area (Å²) in [5, 5.41) is 7.35. The second-order valence-corrected chi connectivity index (χ2v) is 6.78. The third-order valence-electron chi connectivity index (χ3n) is 4.54. The summed E-state index contributed by atoms with van der Waals surface area (Å²) in [7, 11) is 0. The summed E-state index contributed by atoms with van der Waals surface area (Å²) in [6.07, 6.45) is 5.07. The molecule has 0 radical (unpaired) electrons. The topological polar surface area (TPSA) is 38.9 Å². The highest BCUT2D eigenvalue weighted by Gasteiger charge is 1.99. The van der Waals surface area contributed by atoms with Crippen LogP contribution in [0.25, 0.3) is 22.6 Å². The molecule has 0 aliphatic rings. The first-order chi connectivity index (χ1) is 13.8. The average Bonchev–Trinajstić information content (AvgIpc) is 3.29. The summed E-state index contributed by atoms with van der Waals surface area (Å²) in [5.41, 5.74) is 6.32. The fourth-order valence-corrected chi connectivity index (χ4v) is 2.87. The first-order valence-corrected chi connectivity index (χ1v) is 9.74. The van der Waals surface area contributed by atoms with Gasteiger partial charge in [-0.2, -0.15) is 0 Å². The molecule has 0 atom stereocenters. The summed E-state index contributed by atoms with van der Waals surface area (Å²) in [6.45, 7) is 4.36. The van der Waals surface area contributed by atoms with E-state index in [1.54, 1.807) is 0 Å². The number of unbranched alkanes of at least 4 members (excludes halogenated alkanes) is 1. The Kier molecular flexibility index (Phi) is 7.14. The van der Waals surface area contributed by atoms with E-state index in [0.29, 0.717) is 5.89 Å². The van der Waals surface area contributed by atoms with E-state index in [0.717, 1.165) is 5.56 Å². The Morgan fingerprint density at radius 2 is 1.39 bits per heavy atom. The van der Waals surface area contributed by atoms with Crippen molar-refractivity contribution in [3.63, 3.8) is 0 Å². The molecule has 0 amide bonds. The molecule has 0 saturated heterocycles. The van der Waals surface area contributed by atoms with Gasteiger partial charge in [-0.15, -0.1) is 10.2 Å². The molecular weight excluding hydrogens is 344 g/mol. The van der Waals surface area contributed by atoms with Crippen LogP contribution in [0.15, 0.2) is 89.7 Å². The highest BCUT2D eigenvalue weighted by Crippen LogP contribution is 2.20. The molecule has 3 nitrogen and oxygen atoms in total. The summed E-state index contributed by atoms with van der Waals surface area (Å²) in [6, 6.07) is 27.3. The molecule has 3 aromatic carbocycles. The third kappa shape index (κ3) is 5.65. The van der Waals surface area contributed by atoms with Gasteiger partial charge in [0.25, 0.3) is 0 Å². The van der Waals surface area contributed by atoms with Crippen molar-refractivity contribution in [1.82, 2.24) is 10.2 Å². The maximum atomic E-state index is 5.00. The minimum atomic E-state index is 0.561. The van der Waals surface area contributed by atoms with Gasteiger partial charge in [-0.25, -0.2) is 0 Å². The van der Waals surface area contributed by atoms with Crippen LogP contribution < -0.4 is 0 Å². The van der Waals surface area contributed by atoms with Gasteiger partial charge in [0.1, 0.15) is 0 Å². The van der Waals surface area contributed by atoms with Gasteiger partial charge in [-0.3, -0.25) is 0 Å². The molecule has 0 spiro atoms. The predicted octanol–water partition coefficient (Wildman–Crippen LogP) is 6.74. The van der Waals surface area contributed by atoms with Crippen LogP contribution >= 0.6 is 0 Å². The summed E-state index contributed by atoms with van der Waals surface area (Å²) < 4.78 is 5.00. The molecule has 4 aromatic rings. The molecule has 1 heterocycles. The van der Waals surface area contributed by atoms with Crippen LogP contribution in [0.3, 0.4) is 0 Å². The van der Waals surface area contributed by atoms with E-state index in [1.165, 1.54) is 47.9 Å².